The van der Waals surface area contributed by atoms with Crippen molar-refractivity contribution in [2.75, 3.05) is 6.61 Å². The summed E-state index contributed by atoms with van der Waals surface area (Å²) >= 11 is 1.46. The normalized spacial score (nSPS) is 28.8. The van der Waals surface area contributed by atoms with Crippen molar-refractivity contribution in [1.82, 2.24) is 5.32 Å². The van der Waals surface area contributed by atoms with Gasteiger partial charge in [0, 0.05) is 31.7 Å². The van der Waals surface area contributed by atoms with Crippen LogP contribution in [0.3, 0.4) is 0 Å². The molecular formula is C20H27NO4S. The Kier molecular flexibility index (Phi) is 6.59. The fourth-order valence-corrected chi connectivity index (χ4v) is 4.53. The number of ether oxygens (including phenoxy) is 1. The highest BCUT2D eigenvalue weighted by Gasteiger charge is 2.58. The first-order chi connectivity index (χ1) is 12.6. The fourth-order valence-electron chi connectivity index (χ4n) is 3.78. The Morgan fingerprint density at radius 2 is 1.92 bits per heavy atom. The summed E-state index contributed by atoms with van der Waals surface area (Å²) in [6.07, 6.45) is 7.45. The molecule has 3 heterocycles. The number of Topliss-reactive ketones (excluding diaryl/α,β-unsaturated/α-hetero) is 2. The standard InChI is InChI=1S/C20H27NO4S/c22-15-7-3-1-2-4-10-17-20(21-17,19(24)16-9-6-14-26-16)12-13-25-18(23)11-5-8-15/h6,9,14,17,21H,1-5,7-8,10-13H2. The van der Waals surface area contributed by atoms with Gasteiger partial charge in [-0.25, -0.2) is 0 Å². The average Bonchev–Trinajstić information content (AvgIpc) is 3.05. The summed E-state index contributed by atoms with van der Waals surface area (Å²) in [5, 5.41) is 5.31. The van der Waals surface area contributed by atoms with Gasteiger partial charge in [-0.3, -0.25) is 19.7 Å². The lowest BCUT2D eigenvalue weighted by molar-refractivity contribution is -0.144. The molecule has 1 N–H and O–H groups in total. The number of nitrogens with one attached hydrogen (secondary N) is 1. The quantitative estimate of drug-likeness (QED) is 0.483. The Balaban J connectivity index is 1.62. The number of ketones is 2. The van der Waals surface area contributed by atoms with Crippen LogP contribution >= 0.6 is 11.3 Å². The molecular weight excluding hydrogens is 350 g/mol. The molecule has 26 heavy (non-hydrogen) atoms. The van der Waals surface area contributed by atoms with E-state index >= 15 is 0 Å². The molecule has 0 spiro atoms. The van der Waals surface area contributed by atoms with Crippen molar-refractivity contribution >= 4 is 28.9 Å². The lowest BCUT2D eigenvalue weighted by Crippen LogP contribution is -2.31. The van der Waals surface area contributed by atoms with Gasteiger partial charge in [0.1, 0.15) is 11.3 Å². The summed E-state index contributed by atoms with van der Waals surface area (Å²) in [7, 11) is 0. The van der Waals surface area contributed by atoms with Crippen LogP contribution in [-0.2, 0) is 14.3 Å². The first kappa shape index (κ1) is 19.2. The van der Waals surface area contributed by atoms with Gasteiger partial charge in [-0.05, 0) is 30.7 Å². The van der Waals surface area contributed by atoms with Crippen LogP contribution in [0.15, 0.2) is 17.5 Å². The molecule has 142 valence electrons. The lowest BCUT2D eigenvalue weighted by atomic mass is 9.92. The zero-order valence-electron chi connectivity index (χ0n) is 15.1. The van der Waals surface area contributed by atoms with Crippen LogP contribution < -0.4 is 5.32 Å². The molecule has 2 unspecified atom stereocenters. The van der Waals surface area contributed by atoms with Crippen LogP contribution in [0.5, 0.6) is 0 Å². The van der Waals surface area contributed by atoms with Crippen molar-refractivity contribution in [3.63, 3.8) is 0 Å². The Morgan fingerprint density at radius 3 is 2.73 bits per heavy atom. The van der Waals surface area contributed by atoms with Crippen LogP contribution in [-0.4, -0.2) is 35.7 Å². The highest BCUT2D eigenvalue weighted by atomic mass is 32.1. The molecule has 2 aliphatic rings. The molecule has 0 aliphatic carbocycles. The number of esters is 1. The summed E-state index contributed by atoms with van der Waals surface area (Å²) in [5.41, 5.74) is -0.571. The molecule has 0 bridgehead atoms. The van der Waals surface area contributed by atoms with E-state index in [0.717, 1.165) is 37.0 Å². The predicted octanol–water partition coefficient (Wildman–Crippen LogP) is 3.67. The van der Waals surface area contributed by atoms with Crippen LogP contribution in [0.1, 0.15) is 73.9 Å². The maximum atomic E-state index is 13.0. The number of hydrogen-bond donors (Lipinski definition) is 1. The zero-order chi connectivity index (χ0) is 18.4. The van der Waals surface area contributed by atoms with Crippen molar-refractivity contribution in [1.29, 1.82) is 0 Å². The molecule has 0 aromatic carbocycles. The third-order valence-corrected chi connectivity index (χ3v) is 6.26. The van der Waals surface area contributed by atoms with Crippen LogP contribution in [0, 0.1) is 0 Å². The third-order valence-electron chi connectivity index (χ3n) is 5.39. The predicted molar refractivity (Wildman–Crippen MR) is 100 cm³/mol. The molecule has 2 fully saturated rings. The molecule has 1 aromatic rings. The van der Waals surface area contributed by atoms with E-state index in [9.17, 15) is 14.4 Å². The number of rotatable bonds is 2. The van der Waals surface area contributed by atoms with Gasteiger partial charge >= 0.3 is 5.97 Å². The molecule has 3 rings (SSSR count). The molecule has 2 saturated heterocycles. The minimum Gasteiger partial charge on any atom is -0.466 e. The molecule has 1 aromatic heterocycles. The van der Waals surface area contributed by atoms with E-state index in [0.29, 0.717) is 25.7 Å². The maximum Gasteiger partial charge on any atom is 0.305 e. The van der Waals surface area contributed by atoms with Gasteiger partial charge in [0.05, 0.1) is 11.5 Å². The topological polar surface area (TPSA) is 82.4 Å². The molecule has 0 saturated carbocycles. The Hall–Kier alpha value is -1.53. The number of hydrogen-bond acceptors (Lipinski definition) is 6. The number of carbonyl (C=O) groups is 3. The Labute approximate surface area is 158 Å². The summed E-state index contributed by atoms with van der Waals surface area (Å²) < 4.78 is 5.33. The second kappa shape index (κ2) is 8.91. The summed E-state index contributed by atoms with van der Waals surface area (Å²) in [6, 6.07) is 3.91. The van der Waals surface area contributed by atoms with Crippen LogP contribution in [0.4, 0.5) is 0 Å². The fraction of sp³-hybridized carbons (Fsp3) is 0.650. The first-order valence-corrected chi connectivity index (χ1v) is 10.5. The van der Waals surface area contributed by atoms with Crippen LogP contribution in [0.2, 0.25) is 0 Å². The van der Waals surface area contributed by atoms with Gasteiger partial charge in [-0.2, -0.15) is 0 Å². The van der Waals surface area contributed by atoms with E-state index in [-0.39, 0.29) is 36.6 Å². The highest BCUT2D eigenvalue weighted by Crippen LogP contribution is 2.38. The summed E-state index contributed by atoms with van der Waals surface area (Å²) in [4.78, 5) is 37.4. The van der Waals surface area contributed by atoms with Crippen molar-refractivity contribution < 1.29 is 19.1 Å². The van der Waals surface area contributed by atoms with Gasteiger partial charge < -0.3 is 4.74 Å². The largest absolute Gasteiger partial charge is 0.466 e. The van der Waals surface area contributed by atoms with Gasteiger partial charge in [0.25, 0.3) is 0 Å². The number of cyclic esters (lactones) is 1. The van der Waals surface area contributed by atoms with E-state index in [4.69, 9.17) is 4.74 Å². The van der Waals surface area contributed by atoms with Crippen molar-refractivity contribution in [2.24, 2.45) is 0 Å². The van der Waals surface area contributed by atoms with Gasteiger partial charge in [0.15, 0.2) is 5.78 Å². The molecule has 2 atom stereocenters. The summed E-state index contributed by atoms with van der Waals surface area (Å²) in [5.74, 6) is 0.0930. The van der Waals surface area contributed by atoms with E-state index < -0.39 is 5.54 Å². The minimum atomic E-state index is -0.571. The maximum absolute atomic E-state index is 13.0. The number of thiophene rings is 1. The van der Waals surface area contributed by atoms with E-state index in [2.05, 4.69) is 5.32 Å². The second-order valence-corrected chi connectivity index (χ2v) is 8.24. The van der Waals surface area contributed by atoms with E-state index in [1.54, 1.807) is 0 Å². The second-order valence-electron chi connectivity index (χ2n) is 7.29. The van der Waals surface area contributed by atoms with Gasteiger partial charge in [0.2, 0.25) is 0 Å². The minimum absolute atomic E-state index is 0.125. The Morgan fingerprint density at radius 1 is 1.12 bits per heavy atom. The number of fused-ring (bicyclic) bond motifs is 1. The molecule has 0 radical (unpaired) electrons. The van der Waals surface area contributed by atoms with Crippen molar-refractivity contribution in [2.45, 2.75) is 75.8 Å². The Bertz CT molecular complexity index is 642. The third kappa shape index (κ3) is 4.80. The zero-order valence-corrected chi connectivity index (χ0v) is 15.9. The van der Waals surface area contributed by atoms with Gasteiger partial charge in [-0.15, -0.1) is 11.3 Å². The van der Waals surface area contributed by atoms with E-state index in [1.165, 1.54) is 11.3 Å². The van der Waals surface area contributed by atoms with Crippen molar-refractivity contribution in [3.05, 3.63) is 22.4 Å². The SMILES string of the molecule is O=C1CCCCCCC2NC2(C(=O)c2cccs2)CCOC(=O)CCC1. The van der Waals surface area contributed by atoms with Gasteiger partial charge in [-0.1, -0.05) is 25.3 Å². The molecule has 0 amide bonds. The number of carbonyl (C=O) groups excluding carboxylic acids is 3. The first-order valence-electron chi connectivity index (χ1n) is 9.65. The monoisotopic (exact) mass is 377 g/mol. The van der Waals surface area contributed by atoms with Crippen LogP contribution in [0.25, 0.3) is 0 Å². The van der Waals surface area contributed by atoms with E-state index in [1.807, 2.05) is 17.5 Å². The van der Waals surface area contributed by atoms with Crippen molar-refractivity contribution in [3.8, 4) is 0 Å². The smallest absolute Gasteiger partial charge is 0.305 e. The molecule has 6 heteroatoms. The summed E-state index contributed by atoms with van der Waals surface area (Å²) in [6.45, 7) is 0.243. The molecule has 2 aliphatic heterocycles. The highest BCUT2D eigenvalue weighted by molar-refractivity contribution is 7.12. The lowest BCUT2D eigenvalue weighted by Gasteiger charge is -2.14. The average molecular weight is 378 g/mol. The molecule has 5 nitrogen and oxygen atoms in total.